The number of para-hydroxylation sites is 1. The Morgan fingerprint density at radius 3 is 2.58 bits per heavy atom. The molecule has 1 amide bonds. The quantitative estimate of drug-likeness (QED) is 0.685. The molecule has 2 aromatic rings. The van der Waals surface area contributed by atoms with Crippen molar-refractivity contribution in [1.29, 1.82) is 0 Å². The molecule has 1 unspecified atom stereocenters. The van der Waals surface area contributed by atoms with E-state index in [1.165, 1.54) is 12.1 Å². The van der Waals surface area contributed by atoms with Crippen molar-refractivity contribution in [2.75, 3.05) is 11.9 Å². The summed E-state index contributed by atoms with van der Waals surface area (Å²) in [5.41, 5.74) is -0.409. The van der Waals surface area contributed by atoms with Gasteiger partial charge < -0.3 is 9.47 Å². The van der Waals surface area contributed by atoms with Gasteiger partial charge in [-0.25, -0.2) is 4.79 Å². The molecule has 140 valence electrons. The van der Waals surface area contributed by atoms with Crippen molar-refractivity contribution >= 4 is 23.4 Å². The van der Waals surface area contributed by atoms with Crippen LogP contribution >= 0.6 is 11.6 Å². The van der Waals surface area contributed by atoms with Crippen LogP contribution in [0.4, 0.5) is 23.7 Å². The fourth-order valence-electron chi connectivity index (χ4n) is 2.04. The fourth-order valence-corrected chi connectivity index (χ4v) is 2.22. The molecule has 0 aliphatic rings. The van der Waals surface area contributed by atoms with Gasteiger partial charge in [-0.1, -0.05) is 36.7 Å². The SMILES string of the molecule is CCC(COc1cccc(C(F)(F)F)c1)OC(=O)Nc1ccccc1Cl. The number of hydrogen-bond acceptors (Lipinski definition) is 3. The highest BCUT2D eigenvalue weighted by Gasteiger charge is 2.30. The summed E-state index contributed by atoms with van der Waals surface area (Å²) in [6, 6.07) is 11.2. The minimum absolute atomic E-state index is 0.0494. The van der Waals surface area contributed by atoms with Crippen LogP contribution in [0, 0.1) is 0 Å². The van der Waals surface area contributed by atoms with Crippen molar-refractivity contribution in [3.05, 3.63) is 59.1 Å². The van der Waals surface area contributed by atoms with Gasteiger partial charge in [-0.3, -0.25) is 5.32 Å². The van der Waals surface area contributed by atoms with Gasteiger partial charge in [-0.15, -0.1) is 0 Å². The molecule has 0 saturated heterocycles. The number of rotatable bonds is 6. The molecule has 1 N–H and O–H groups in total. The molecule has 0 aliphatic carbocycles. The number of alkyl halides is 3. The van der Waals surface area contributed by atoms with Gasteiger partial charge in [-0.2, -0.15) is 13.2 Å². The van der Waals surface area contributed by atoms with E-state index in [0.29, 0.717) is 17.1 Å². The Hall–Kier alpha value is -2.41. The molecule has 1 atom stereocenters. The standard InChI is InChI=1S/C18H17ClF3NO3/c1-2-13(26-17(24)23-16-9-4-3-8-15(16)19)11-25-14-7-5-6-12(10-14)18(20,21)22/h3-10,13H,2,11H2,1H3,(H,23,24). The van der Waals surface area contributed by atoms with Crippen LogP contribution in [0.25, 0.3) is 0 Å². The summed E-state index contributed by atoms with van der Waals surface area (Å²) in [7, 11) is 0. The maximum atomic E-state index is 12.7. The Balaban J connectivity index is 1.91. The van der Waals surface area contributed by atoms with E-state index in [1.807, 2.05) is 0 Å². The number of carbonyl (C=O) groups excluding carboxylic acids is 1. The van der Waals surface area contributed by atoms with Crippen molar-refractivity contribution < 1.29 is 27.4 Å². The number of nitrogens with one attached hydrogen (secondary N) is 1. The van der Waals surface area contributed by atoms with Crippen LogP contribution in [0.15, 0.2) is 48.5 Å². The summed E-state index contributed by atoms with van der Waals surface area (Å²) < 4.78 is 48.7. The van der Waals surface area contributed by atoms with Gasteiger partial charge >= 0.3 is 12.3 Å². The van der Waals surface area contributed by atoms with Crippen LogP contribution in [0.5, 0.6) is 5.75 Å². The molecule has 4 nitrogen and oxygen atoms in total. The third kappa shape index (κ3) is 5.84. The summed E-state index contributed by atoms with van der Waals surface area (Å²) in [6.07, 6.45) is -5.38. The van der Waals surface area contributed by atoms with Crippen molar-refractivity contribution in [2.45, 2.75) is 25.6 Å². The molecular weight excluding hydrogens is 371 g/mol. The first-order valence-electron chi connectivity index (χ1n) is 7.81. The molecule has 2 rings (SSSR count). The molecule has 0 fully saturated rings. The Labute approximate surface area is 153 Å². The largest absolute Gasteiger partial charge is 0.490 e. The van der Waals surface area contributed by atoms with Crippen LogP contribution in [0.2, 0.25) is 5.02 Å². The van der Waals surface area contributed by atoms with E-state index in [4.69, 9.17) is 21.1 Å². The lowest BCUT2D eigenvalue weighted by molar-refractivity contribution is -0.137. The summed E-state index contributed by atoms with van der Waals surface area (Å²) in [5.74, 6) is 0.0494. The number of halogens is 4. The zero-order valence-corrected chi connectivity index (χ0v) is 14.6. The highest BCUT2D eigenvalue weighted by atomic mass is 35.5. The molecule has 0 bridgehead atoms. The number of hydrogen-bond donors (Lipinski definition) is 1. The molecule has 2 aromatic carbocycles. The number of ether oxygens (including phenoxy) is 2. The van der Waals surface area contributed by atoms with E-state index >= 15 is 0 Å². The van der Waals surface area contributed by atoms with E-state index in [2.05, 4.69) is 5.32 Å². The van der Waals surface area contributed by atoms with Gasteiger partial charge in [0.2, 0.25) is 0 Å². The highest BCUT2D eigenvalue weighted by molar-refractivity contribution is 6.33. The lowest BCUT2D eigenvalue weighted by atomic mass is 10.2. The molecule has 0 saturated carbocycles. The predicted octanol–water partition coefficient (Wildman–Crippen LogP) is 5.76. The molecule has 0 aliphatic heterocycles. The minimum atomic E-state index is -4.45. The van der Waals surface area contributed by atoms with E-state index in [1.54, 1.807) is 31.2 Å². The van der Waals surface area contributed by atoms with Crippen LogP contribution in [-0.2, 0) is 10.9 Å². The van der Waals surface area contributed by atoms with Gasteiger partial charge in [0.1, 0.15) is 18.5 Å². The van der Waals surface area contributed by atoms with Crippen LogP contribution in [0.3, 0.4) is 0 Å². The van der Waals surface area contributed by atoms with Gasteiger partial charge in [0.15, 0.2) is 0 Å². The third-order valence-electron chi connectivity index (χ3n) is 3.44. The summed E-state index contributed by atoms with van der Waals surface area (Å²) in [6.45, 7) is 1.69. The van der Waals surface area contributed by atoms with Gasteiger partial charge in [0, 0.05) is 0 Å². The van der Waals surface area contributed by atoms with Crippen molar-refractivity contribution in [1.82, 2.24) is 0 Å². The third-order valence-corrected chi connectivity index (χ3v) is 3.77. The normalized spacial score (nSPS) is 12.3. The number of carbonyl (C=O) groups is 1. The van der Waals surface area contributed by atoms with Crippen molar-refractivity contribution in [2.24, 2.45) is 0 Å². The predicted molar refractivity (Wildman–Crippen MR) is 92.6 cm³/mol. The number of anilines is 1. The molecule has 0 spiro atoms. The second-order valence-electron chi connectivity index (χ2n) is 5.38. The Morgan fingerprint density at radius 2 is 1.92 bits per heavy atom. The van der Waals surface area contributed by atoms with Gasteiger partial charge in [0.05, 0.1) is 16.3 Å². The summed E-state index contributed by atoms with van der Waals surface area (Å²) in [4.78, 5) is 11.9. The van der Waals surface area contributed by atoms with E-state index < -0.39 is 23.9 Å². The van der Waals surface area contributed by atoms with Crippen LogP contribution in [0.1, 0.15) is 18.9 Å². The summed E-state index contributed by atoms with van der Waals surface area (Å²) >= 11 is 5.94. The summed E-state index contributed by atoms with van der Waals surface area (Å²) in [5, 5.41) is 2.86. The highest BCUT2D eigenvalue weighted by Crippen LogP contribution is 2.31. The van der Waals surface area contributed by atoms with Gasteiger partial charge in [0.25, 0.3) is 0 Å². The van der Waals surface area contributed by atoms with E-state index in [9.17, 15) is 18.0 Å². The molecule has 0 radical (unpaired) electrons. The maximum Gasteiger partial charge on any atom is 0.416 e. The smallest absolute Gasteiger partial charge is 0.416 e. The Morgan fingerprint density at radius 1 is 1.19 bits per heavy atom. The van der Waals surface area contributed by atoms with Crippen molar-refractivity contribution in [3.8, 4) is 5.75 Å². The number of amides is 1. The Kier molecular flexibility index (Phi) is 6.74. The first-order chi connectivity index (χ1) is 12.3. The van der Waals surface area contributed by atoms with E-state index in [-0.39, 0.29) is 12.4 Å². The Bertz CT molecular complexity index is 752. The average Bonchev–Trinajstić information content (AvgIpc) is 2.60. The second-order valence-corrected chi connectivity index (χ2v) is 5.78. The van der Waals surface area contributed by atoms with Crippen LogP contribution in [-0.4, -0.2) is 18.8 Å². The zero-order valence-electron chi connectivity index (χ0n) is 13.8. The molecule has 0 aromatic heterocycles. The minimum Gasteiger partial charge on any atom is -0.490 e. The topological polar surface area (TPSA) is 47.6 Å². The molecule has 26 heavy (non-hydrogen) atoms. The molecular formula is C18H17ClF3NO3. The molecule has 8 heteroatoms. The average molecular weight is 388 g/mol. The lowest BCUT2D eigenvalue weighted by Crippen LogP contribution is -2.27. The van der Waals surface area contributed by atoms with Crippen LogP contribution < -0.4 is 10.1 Å². The maximum absolute atomic E-state index is 12.7. The fraction of sp³-hybridized carbons (Fsp3) is 0.278. The second kappa shape index (κ2) is 8.80. The first-order valence-corrected chi connectivity index (χ1v) is 8.19. The monoisotopic (exact) mass is 387 g/mol. The molecule has 0 heterocycles. The van der Waals surface area contributed by atoms with E-state index in [0.717, 1.165) is 12.1 Å². The zero-order chi connectivity index (χ0) is 19.2. The number of benzene rings is 2. The first kappa shape index (κ1) is 19.9. The lowest BCUT2D eigenvalue weighted by Gasteiger charge is -2.18. The van der Waals surface area contributed by atoms with Crippen molar-refractivity contribution in [3.63, 3.8) is 0 Å². The van der Waals surface area contributed by atoms with Gasteiger partial charge in [-0.05, 0) is 36.8 Å².